The van der Waals surface area contributed by atoms with Crippen LogP contribution in [0, 0.1) is 0 Å². The molecule has 0 saturated carbocycles. The summed E-state index contributed by atoms with van der Waals surface area (Å²) in [6.45, 7) is 2.19. The highest BCUT2D eigenvalue weighted by atomic mass is 32.2. The number of aromatic amines is 1. The Bertz CT molecular complexity index is 764. The third kappa shape index (κ3) is 7.16. The SMILES string of the molecule is CC1SCC(C(=O)N[C@@H](Cc2cnc[nH]2)C(=O)N2CCC[C@H]2C(N)=O)NC1=O.O.O.O.O. The van der Waals surface area contributed by atoms with Crippen molar-refractivity contribution in [2.45, 2.75) is 49.6 Å². The number of likely N-dealkylation sites (tertiary alicyclic amines) is 1. The summed E-state index contributed by atoms with van der Waals surface area (Å²) in [7, 11) is 0. The fourth-order valence-electron chi connectivity index (χ4n) is 3.40. The summed E-state index contributed by atoms with van der Waals surface area (Å²) in [5, 5.41) is 5.20. The highest BCUT2D eigenvalue weighted by Gasteiger charge is 2.38. The molecule has 0 bridgehead atoms. The third-order valence-electron chi connectivity index (χ3n) is 4.97. The van der Waals surface area contributed by atoms with Gasteiger partial charge in [0.15, 0.2) is 0 Å². The Morgan fingerprint density at radius 1 is 1.31 bits per heavy atom. The van der Waals surface area contributed by atoms with Crippen LogP contribution in [0.2, 0.25) is 0 Å². The van der Waals surface area contributed by atoms with E-state index in [4.69, 9.17) is 5.73 Å². The molecule has 4 atom stereocenters. The van der Waals surface area contributed by atoms with Crippen molar-refractivity contribution in [3.8, 4) is 0 Å². The molecule has 15 heteroatoms. The van der Waals surface area contributed by atoms with E-state index < -0.39 is 29.9 Å². The minimum atomic E-state index is -0.894. The fraction of sp³-hybridized carbons (Fsp3) is 0.588. The number of carbonyl (C=O) groups is 4. The quantitative estimate of drug-likeness (QED) is 0.310. The zero-order valence-electron chi connectivity index (χ0n) is 17.5. The normalized spacial score (nSPS) is 22.6. The highest BCUT2D eigenvalue weighted by Crippen LogP contribution is 2.20. The summed E-state index contributed by atoms with van der Waals surface area (Å²) in [6.07, 6.45) is 4.44. The van der Waals surface area contributed by atoms with Crippen molar-refractivity contribution < 1.29 is 41.1 Å². The van der Waals surface area contributed by atoms with Gasteiger partial charge >= 0.3 is 0 Å². The first-order valence-electron chi connectivity index (χ1n) is 9.16. The van der Waals surface area contributed by atoms with Crippen LogP contribution in [0.15, 0.2) is 12.5 Å². The maximum atomic E-state index is 13.1. The van der Waals surface area contributed by atoms with Gasteiger partial charge in [-0.05, 0) is 19.8 Å². The van der Waals surface area contributed by atoms with E-state index >= 15 is 0 Å². The molecule has 13 N–H and O–H groups in total. The molecular formula is C17H32N6O8S. The smallest absolute Gasteiger partial charge is 0.246 e. The van der Waals surface area contributed by atoms with Crippen LogP contribution in [0.25, 0.3) is 0 Å². The van der Waals surface area contributed by atoms with Crippen molar-refractivity contribution in [3.05, 3.63) is 18.2 Å². The van der Waals surface area contributed by atoms with E-state index in [2.05, 4.69) is 20.6 Å². The van der Waals surface area contributed by atoms with Gasteiger partial charge in [-0.25, -0.2) is 4.98 Å². The molecule has 0 aromatic carbocycles. The summed E-state index contributed by atoms with van der Waals surface area (Å²) in [5.41, 5.74) is 6.09. The van der Waals surface area contributed by atoms with Gasteiger partial charge in [0.2, 0.25) is 23.6 Å². The van der Waals surface area contributed by atoms with E-state index in [-0.39, 0.29) is 45.4 Å². The Morgan fingerprint density at radius 2 is 2.00 bits per heavy atom. The summed E-state index contributed by atoms with van der Waals surface area (Å²) >= 11 is 1.39. The van der Waals surface area contributed by atoms with Gasteiger partial charge in [-0.2, -0.15) is 0 Å². The molecule has 32 heavy (non-hydrogen) atoms. The number of carbonyl (C=O) groups excluding carboxylic acids is 4. The molecule has 4 amide bonds. The van der Waals surface area contributed by atoms with E-state index in [0.717, 1.165) is 0 Å². The Morgan fingerprint density at radius 3 is 2.56 bits per heavy atom. The van der Waals surface area contributed by atoms with Crippen LogP contribution in [-0.2, 0) is 25.6 Å². The first kappa shape index (κ1) is 31.5. The number of hydrogen-bond donors (Lipinski definition) is 4. The molecule has 0 spiro atoms. The number of nitrogens with two attached hydrogens (primary N) is 1. The monoisotopic (exact) mass is 480 g/mol. The van der Waals surface area contributed by atoms with Crippen molar-refractivity contribution in [1.82, 2.24) is 25.5 Å². The third-order valence-corrected chi connectivity index (χ3v) is 6.21. The van der Waals surface area contributed by atoms with Gasteiger partial charge in [0.1, 0.15) is 18.1 Å². The molecule has 14 nitrogen and oxygen atoms in total. The van der Waals surface area contributed by atoms with Crippen LogP contribution in [0.4, 0.5) is 0 Å². The van der Waals surface area contributed by atoms with Crippen molar-refractivity contribution in [1.29, 1.82) is 0 Å². The predicted octanol–water partition coefficient (Wildman–Crippen LogP) is -4.77. The summed E-state index contributed by atoms with van der Waals surface area (Å²) in [4.78, 5) is 57.6. The van der Waals surface area contributed by atoms with Crippen LogP contribution in [0.1, 0.15) is 25.5 Å². The van der Waals surface area contributed by atoms with Gasteiger partial charge in [0.05, 0.1) is 11.6 Å². The second kappa shape index (κ2) is 13.6. The number of aromatic nitrogens is 2. The van der Waals surface area contributed by atoms with Crippen LogP contribution < -0.4 is 16.4 Å². The van der Waals surface area contributed by atoms with Crippen LogP contribution in [0.3, 0.4) is 0 Å². The van der Waals surface area contributed by atoms with Gasteiger partial charge in [-0.15, -0.1) is 11.8 Å². The van der Waals surface area contributed by atoms with E-state index in [9.17, 15) is 19.2 Å². The number of H-pyrrole nitrogens is 1. The second-order valence-corrected chi connectivity index (χ2v) is 8.34. The maximum absolute atomic E-state index is 13.1. The Balaban J connectivity index is 0. The zero-order valence-corrected chi connectivity index (χ0v) is 18.3. The van der Waals surface area contributed by atoms with Gasteiger partial charge in [0, 0.05) is 30.6 Å². The lowest BCUT2D eigenvalue weighted by molar-refractivity contribution is -0.141. The Kier molecular flexibility index (Phi) is 13.4. The average molecular weight is 481 g/mol. The molecule has 1 aromatic rings. The van der Waals surface area contributed by atoms with Crippen molar-refractivity contribution >= 4 is 35.4 Å². The minimum absolute atomic E-state index is 0. The van der Waals surface area contributed by atoms with Crippen LogP contribution >= 0.6 is 11.8 Å². The summed E-state index contributed by atoms with van der Waals surface area (Å²) in [6, 6.07) is -2.27. The largest absolute Gasteiger partial charge is 0.412 e. The van der Waals surface area contributed by atoms with Gasteiger partial charge in [-0.3, -0.25) is 19.2 Å². The molecular weight excluding hydrogens is 448 g/mol. The summed E-state index contributed by atoms with van der Waals surface area (Å²) in [5.74, 6) is -1.13. The zero-order chi connectivity index (χ0) is 20.3. The highest BCUT2D eigenvalue weighted by molar-refractivity contribution is 8.00. The molecule has 3 heterocycles. The molecule has 0 aliphatic carbocycles. The minimum Gasteiger partial charge on any atom is -0.412 e. The molecule has 184 valence electrons. The van der Waals surface area contributed by atoms with E-state index in [1.807, 2.05) is 0 Å². The molecule has 2 aliphatic rings. The lowest BCUT2D eigenvalue weighted by atomic mass is 10.1. The van der Waals surface area contributed by atoms with Crippen LogP contribution in [-0.4, -0.2) is 96.1 Å². The number of hydrogen-bond acceptors (Lipinski definition) is 6. The van der Waals surface area contributed by atoms with Crippen molar-refractivity contribution in [2.24, 2.45) is 5.73 Å². The molecule has 2 saturated heterocycles. The summed E-state index contributed by atoms with van der Waals surface area (Å²) < 4.78 is 0. The average Bonchev–Trinajstić information content (AvgIpc) is 3.34. The number of imidazole rings is 1. The molecule has 3 rings (SSSR count). The Labute approximate surface area is 188 Å². The number of thioether (sulfide) groups is 1. The van der Waals surface area contributed by atoms with Crippen LogP contribution in [0.5, 0.6) is 0 Å². The lowest BCUT2D eigenvalue weighted by Gasteiger charge is -2.30. The van der Waals surface area contributed by atoms with Gasteiger partial charge in [0.25, 0.3) is 0 Å². The lowest BCUT2D eigenvalue weighted by Crippen LogP contribution is -2.59. The van der Waals surface area contributed by atoms with Gasteiger partial charge < -0.3 is 48.2 Å². The van der Waals surface area contributed by atoms with E-state index in [1.54, 1.807) is 13.1 Å². The van der Waals surface area contributed by atoms with Gasteiger partial charge in [-0.1, -0.05) is 0 Å². The molecule has 2 aliphatic heterocycles. The molecule has 2 unspecified atom stereocenters. The second-order valence-electron chi connectivity index (χ2n) is 6.97. The fourth-order valence-corrected chi connectivity index (χ4v) is 4.34. The first-order chi connectivity index (χ1) is 13.4. The van der Waals surface area contributed by atoms with Crippen molar-refractivity contribution in [3.63, 3.8) is 0 Å². The number of nitrogens with zero attached hydrogens (tertiary/aromatic N) is 2. The molecule has 0 radical (unpaired) electrons. The van der Waals surface area contributed by atoms with E-state index in [1.165, 1.54) is 23.0 Å². The number of rotatable bonds is 6. The Hall–Kier alpha value is -2.72. The van der Waals surface area contributed by atoms with E-state index in [0.29, 0.717) is 30.8 Å². The van der Waals surface area contributed by atoms with Crippen molar-refractivity contribution in [2.75, 3.05) is 12.3 Å². The number of primary amides is 1. The number of nitrogens with one attached hydrogen (secondary N) is 3. The molecule has 2 fully saturated rings. The number of amides is 4. The predicted molar refractivity (Wildman–Crippen MR) is 116 cm³/mol. The molecule has 1 aromatic heterocycles. The standard InChI is InChI=1S/C17H24N6O4S.4H2O/c1-9-15(25)22-12(7-28-9)16(26)21-11(5-10-6-19-8-20-10)17(27)23-4-2-3-13(23)14(18)24;;;;/h6,8-9,11-13H,2-5,7H2,1H3,(H2,18,24)(H,19,20)(H,21,26)(H,22,25);4*1H2/t9?,11-,12?,13-;;;;/m0..../s1. The topological polar surface area (TPSA) is 276 Å². The first-order valence-corrected chi connectivity index (χ1v) is 10.2. The maximum Gasteiger partial charge on any atom is 0.246 e.